The summed E-state index contributed by atoms with van der Waals surface area (Å²) in [4.78, 5) is 5.57. The van der Waals surface area contributed by atoms with Crippen molar-refractivity contribution >= 4 is 57.0 Å². The van der Waals surface area contributed by atoms with E-state index in [9.17, 15) is 8.42 Å². The predicted octanol–water partition coefficient (Wildman–Crippen LogP) is 3.04. The Balaban J connectivity index is 0.00000392. The maximum Gasteiger partial charge on any atom is 0.210 e. The lowest BCUT2D eigenvalue weighted by atomic mass is 10.3. The average molecular weight is 538 g/mol. The van der Waals surface area contributed by atoms with Crippen molar-refractivity contribution < 1.29 is 13.2 Å². The largest absolute Gasteiger partial charge is 0.491 e. The number of nitrogens with two attached hydrogens (primary N) is 1. The highest BCUT2D eigenvalue weighted by molar-refractivity contribution is 14.0. The first-order valence-corrected chi connectivity index (χ1v) is 11.3. The van der Waals surface area contributed by atoms with Crippen LogP contribution in [0.1, 0.15) is 18.7 Å². The highest BCUT2D eigenvalue weighted by Crippen LogP contribution is 2.17. The maximum atomic E-state index is 11.1. The van der Waals surface area contributed by atoms with E-state index in [1.54, 1.807) is 11.3 Å². The molecule has 4 N–H and O–H groups in total. The number of rotatable bonds is 9. The fourth-order valence-electron chi connectivity index (χ4n) is 2.21. The van der Waals surface area contributed by atoms with Crippen LogP contribution >= 0.6 is 35.3 Å². The number of halogens is 1. The van der Waals surface area contributed by atoms with E-state index >= 15 is 0 Å². The minimum Gasteiger partial charge on any atom is -0.491 e. The van der Waals surface area contributed by atoms with Crippen molar-refractivity contribution in [2.45, 2.75) is 26.4 Å². The first kappa shape index (κ1) is 24.7. The number of ether oxygens (including phenoxy) is 1. The molecule has 2 aromatic rings. The lowest BCUT2D eigenvalue weighted by molar-refractivity contribution is 0.242. The Bertz CT molecular complexity index is 823. The third-order valence-electron chi connectivity index (χ3n) is 3.38. The van der Waals surface area contributed by atoms with E-state index in [1.165, 1.54) is 4.88 Å². The van der Waals surface area contributed by atoms with Gasteiger partial charge in [-0.1, -0.05) is 6.07 Å². The summed E-state index contributed by atoms with van der Waals surface area (Å²) < 4.78 is 27.9. The zero-order chi connectivity index (χ0) is 19.7. The zero-order valence-corrected chi connectivity index (χ0v) is 19.9. The molecule has 0 aliphatic rings. The summed E-state index contributed by atoms with van der Waals surface area (Å²) in [6.07, 6.45) is 0.965. The highest BCUT2D eigenvalue weighted by Gasteiger charge is 2.05. The van der Waals surface area contributed by atoms with Crippen molar-refractivity contribution in [3.8, 4) is 5.75 Å². The highest BCUT2D eigenvalue weighted by atomic mass is 127. The van der Waals surface area contributed by atoms with Gasteiger partial charge in [0.05, 0.1) is 18.4 Å². The van der Waals surface area contributed by atoms with E-state index in [1.807, 2.05) is 49.6 Å². The Hall–Kier alpha value is -1.37. The molecule has 0 amide bonds. The fraction of sp³-hybridized carbons (Fsp3) is 0.389. The van der Waals surface area contributed by atoms with Crippen LogP contribution in [0, 0.1) is 0 Å². The van der Waals surface area contributed by atoms with Crippen LogP contribution in [0.5, 0.6) is 5.75 Å². The molecule has 0 bridgehead atoms. The van der Waals surface area contributed by atoms with Crippen LogP contribution in [-0.4, -0.2) is 39.3 Å². The molecule has 156 valence electrons. The van der Waals surface area contributed by atoms with E-state index < -0.39 is 10.0 Å². The third-order valence-corrected chi connectivity index (χ3v) is 5.07. The van der Waals surface area contributed by atoms with Gasteiger partial charge in [0.1, 0.15) is 5.75 Å². The van der Waals surface area contributed by atoms with Crippen LogP contribution in [0.2, 0.25) is 0 Å². The molecule has 1 aromatic carbocycles. The number of anilines is 1. The van der Waals surface area contributed by atoms with Gasteiger partial charge in [0.15, 0.2) is 5.96 Å². The molecule has 0 unspecified atom stereocenters. The Morgan fingerprint density at radius 1 is 1.25 bits per heavy atom. The van der Waals surface area contributed by atoms with Gasteiger partial charge in [0.2, 0.25) is 10.0 Å². The van der Waals surface area contributed by atoms with Gasteiger partial charge < -0.3 is 15.4 Å². The van der Waals surface area contributed by atoms with Gasteiger partial charge >= 0.3 is 0 Å². The van der Waals surface area contributed by atoms with Crippen molar-refractivity contribution in [2.75, 3.05) is 24.2 Å². The number of aliphatic imine (C=N–C) groups is 1. The first-order valence-electron chi connectivity index (χ1n) is 8.67. The Kier molecular flexibility index (Phi) is 10.8. The minimum atomic E-state index is -3.54. The number of nitrogens with zero attached hydrogens (tertiary/aromatic N) is 1. The molecule has 2 rings (SSSR count). The summed E-state index contributed by atoms with van der Waals surface area (Å²) >= 11 is 1.70. The number of thiophene rings is 1. The number of hydrogen-bond acceptors (Lipinski definition) is 5. The molecule has 0 aliphatic heterocycles. The van der Waals surface area contributed by atoms with Crippen molar-refractivity contribution in [3.05, 3.63) is 46.7 Å². The normalized spacial score (nSPS) is 11.8. The standard InChI is InChI=1S/C18H26N4O3S2.HI/c1-14(2)25-16-7-5-15(6-8-16)22-18(21-11-13-27(19,23)24)20-10-9-17-4-3-12-26-17;/h3-8,12,14H,9-11,13H2,1-2H3,(H2,19,23,24)(H2,20,21,22);1H. The van der Waals surface area contributed by atoms with Crippen molar-refractivity contribution in [2.24, 2.45) is 10.1 Å². The second-order valence-electron chi connectivity index (χ2n) is 6.17. The molecule has 0 saturated carbocycles. The van der Waals surface area contributed by atoms with Gasteiger partial charge in [-0.2, -0.15) is 0 Å². The molecule has 0 aliphatic carbocycles. The molecular formula is C18H27IN4O3S2. The van der Waals surface area contributed by atoms with Crippen LogP contribution in [0.15, 0.2) is 46.8 Å². The van der Waals surface area contributed by atoms with Crippen molar-refractivity contribution in [3.63, 3.8) is 0 Å². The van der Waals surface area contributed by atoms with E-state index in [-0.39, 0.29) is 42.4 Å². The van der Waals surface area contributed by atoms with Crippen LogP contribution < -0.4 is 20.5 Å². The number of primary sulfonamides is 1. The van der Waals surface area contributed by atoms with Gasteiger partial charge in [0, 0.05) is 17.1 Å². The van der Waals surface area contributed by atoms with Gasteiger partial charge in [-0.3, -0.25) is 4.99 Å². The summed E-state index contributed by atoms with van der Waals surface area (Å²) in [5.74, 6) is 1.09. The van der Waals surface area contributed by atoms with Crippen LogP contribution in [-0.2, 0) is 16.4 Å². The lowest BCUT2D eigenvalue weighted by Gasteiger charge is -2.14. The van der Waals surface area contributed by atoms with Gasteiger partial charge in [-0.25, -0.2) is 13.6 Å². The van der Waals surface area contributed by atoms with Gasteiger partial charge in [0.25, 0.3) is 0 Å². The number of sulfonamides is 1. The molecule has 0 saturated heterocycles. The molecule has 0 spiro atoms. The molecule has 10 heteroatoms. The summed E-state index contributed by atoms with van der Waals surface area (Å²) in [7, 11) is -3.54. The molecule has 0 fully saturated rings. The second kappa shape index (κ2) is 12.2. The minimum absolute atomic E-state index is 0. The van der Waals surface area contributed by atoms with Crippen LogP contribution in [0.25, 0.3) is 0 Å². The predicted molar refractivity (Wildman–Crippen MR) is 128 cm³/mol. The molecule has 1 heterocycles. The summed E-state index contributed by atoms with van der Waals surface area (Å²) in [5.41, 5.74) is 0.823. The zero-order valence-electron chi connectivity index (χ0n) is 15.9. The number of hydrogen-bond donors (Lipinski definition) is 3. The van der Waals surface area contributed by atoms with E-state index in [0.29, 0.717) is 12.5 Å². The SMILES string of the molecule is CC(C)Oc1ccc(NC(=NCCS(N)(=O)=O)NCCc2cccs2)cc1.I. The quantitative estimate of drug-likeness (QED) is 0.259. The Labute approximate surface area is 187 Å². The van der Waals surface area contributed by atoms with Crippen molar-refractivity contribution in [1.82, 2.24) is 5.32 Å². The average Bonchev–Trinajstić information content (AvgIpc) is 3.08. The third kappa shape index (κ3) is 10.2. The van der Waals surface area contributed by atoms with Crippen LogP contribution in [0.3, 0.4) is 0 Å². The fourth-order valence-corrected chi connectivity index (χ4v) is 3.26. The number of guanidine groups is 1. The van der Waals surface area contributed by atoms with Gasteiger partial charge in [-0.15, -0.1) is 35.3 Å². The van der Waals surface area contributed by atoms with Crippen LogP contribution in [0.4, 0.5) is 5.69 Å². The topological polar surface area (TPSA) is 106 Å². The monoisotopic (exact) mass is 538 g/mol. The first-order chi connectivity index (χ1) is 12.8. The lowest BCUT2D eigenvalue weighted by Crippen LogP contribution is -2.33. The summed E-state index contributed by atoms with van der Waals surface area (Å²) in [6, 6.07) is 11.6. The molecule has 7 nitrogen and oxygen atoms in total. The molecule has 0 radical (unpaired) electrons. The van der Waals surface area contributed by atoms with E-state index in [2.05, 4.69) is 21.7 Å². The summed E-state index contributed by atoms with van der Waals surface area (Å²) in [6.45, 7) is 4.71. The molecule has 0 atom stereocenters. The molecule has 28 heavy (non-hydrogen) atoms. The smallest absolute Gasteiger partial charge is 0.210 e. The van der Waals surface area contributed by atoms with Crippen molar-refractivity contribution in [1.29, 1.82) is 0 Å². The maximum absolute atomic E-state index is 11.1. The molecular weight excluding hydrogens is 511 g/mol. The number of nitrogens with one attached hydrogen (secondary N) is 2. The Morgan fingerprint density at radius 3 is 2.54 bits per heavy atom. The number of benzene rings is 1. The van der Waals surface area contributed by atoms with Gasteiger partial charge in [-0.05, 0) is 56.0 Å². The van der Waals surface area contributed by atoms with E-state index in [0.717, 1.165) is 17.9 Å². The Morgan fingerprint density at radius 2 is 1.96 bits per heavy atom. The second-order valence-corrected chi connectivity index (χ2v) is 8.94. The van der Waals surface area contributed by atoms with E-state index in [4.69, 9.17) is 9.88 Å². The summed E-state index contributed by atoms with van der Waals surface area (Å²) in [5, 5.41) is 13.5. The molecule has 1 aromatic heterocycles.